The van der Waals surface area contributed by atoms with Crippen LogP contribution < -0.4 is 0 Å². The molecule has 170 valence electrons. The molecule has 1 nitrogen and oxygen atoms in total. The second kappa shape index (κ2) is 14.1. The molecule has 0 aromatic heterocycles. The predicted molar refractivity (Wildman–Crippen MR) is 130 cm³/mol. The Hall–Kier alpha value is -0.0400. The van der Waals surface area contributed by atoms with Crippen molar-refractivity contribution in [2.75, 3.05) is 0 Å². The lowest BCUT2D eigenvalue weighted by molar-refractivity contribution is -0.0784. The van der Waals surface area contributed by atoms with E-state index in [1.54, 1.807) is 0 Å². The van der Waals surface area contributed by atoms with Gasteiger partial charge >= 0.3 is 0 Å². The molecule has 0 bridgehead atoms. The summed E-state index contributed by atoms with van der Waals surface area (Å²) in [6.07, 6.45) is 20.4. The van der Waals surface area contributed by atoms with E-state index in [-0.39, 0.29) is 16.6 Å². The van der Waals surface area contributed by atoms with Gasteiger partial charge in [-0.05, 0) is 60.8 Å². The summed E-state index contributed by atoms with van der Waals surface area (Å²) in [5.41, 5.74) is 0.781. The Labute approximate surface area is 180 Å². The van der Waals surface area contributed by atoms with Crippen LogP contribution in [0.3, 0.4) is 0 Å². The van der Waals surface area contributed by atoms with Crippen LogP contribution in [0.1, 0.15) is 159 Å². The molecule has 0 fully saturated rings. The number of hydrogen-bond donors (Lipinski definition) is 0. The van der Waals surface area contributed by atoms with E-state index in [0.29, 0.717) is 0 Å². The van der Waals surface area contributed by atoms with Crippen molar-refractivity contribution >= 4 is 0 Å². The van der Waals surface area contributed by atoms with Gasteiger partial charge in [0.1, 0.15) is 0 Å². The maximum absolute atomic E-state index is 2.96. The molecule has 0 unspecified atom stereocenters. The summed E-state index contributed by atoms with van der Waals surface area (Å²) in [4.78, 5) is 2.96. The molecule has 0 atom stereocenters. The van der Waals surface area contributed by atoms with Gasteiger partial charge in [-0.1, -0.05) is 97.8 Å². The lowest BCUT2D eigenvalue weighted by Crippen LogP contribution is -2.64. The third kappa shape index (κ3) is 10.7. The standard InChI is InChI=1S/C27H57N/c1-10-13-16-19-22-25(4,5)28(26(6,7)23-20-17-14-11-2)27(8,9)24-21-18-15-12-3/h10-24H2,1-9H3. The summed E-state index contributed by atoms with van der Waals surface area (Å²) in [6.45, 7) is 22.1. The normalized spacial score (nSPS) is 13.5. The van der Waals surface area contributed by atoms with Crippen LogP contribution >= 0.6 is 0 Å². The average Bonchev–Trinajstić information content (AvgIpc) is 2.58. The van der Waals surface area contributed by atoms with Crippen molar-refractivity contribution in [3.63, 3.8) is 0 Å². The van der Waals surface area contributed by atoms with E-state index >= 15 is 0 Å². The fourth-order valence-electron chi connectivity index (χ4n) is 5.75. The molecule has 0 heterocycles. The monoisotopic (exact) mass is 395 g/mol. The van der Waals surface area contributed by atoms with E-state index in [0.717, 1.165) is 0 Å². The summed E-state index contributed by atoms with van der Waals surface area (Å²) in [7, 11) is 0. The summed E-state index contributed by atoms with van der Waals surface area (Å²) < 4.78 is 0. The van der Waals surface area contributed by atoms with Gasteiger partial charge in [0.25, 0.3) is 0 Å². The van der Waals surface area contributed by atoms with Crippen LogP contribution in [0.4, 0.5) is 0 Å². The Morgan fingerprint density at radius 1 is 0.393 bits per heavy atom. The third-order valence-electron chi connectivity index (χ3n) is 6.74. The summed E-state index contributed by atoms with van der Waals surface area (Å²) in [5, 5.41) is 0. The first-order chi connectivity index (χ1) is 13.0. The van der Waals surface area contributed by atoms with E-state index in [2.05, 4.69) is 67.2 Å². The van der Waals surface area contributed by atoms with Crippen molar-refractivity contribution in [2.45, 2.75) is 175 Å². The van der Waals surface area contributed by atoms with Crippen molar-refractivity contribution in [1.29, 1.82) is 0 Å². The molecule has 0 aliphatic carbocycles. The molecule has 0 aliphatic rings. The van der Waals surface area contributed by atoms with Gasteiger partial charge in [-0.15, -0.1) is 0 Å². The molecule has 0 radical (unpaired) electrons. The van der Waals surface area contributed by atoms with Gasteiger partial charge in [0.05, 0.1) is 0 Å². The van der Waals surface area contributed by atoms with Crippen LogP contribution in [-0.4, -0.2) is 21.5 Å². The topological polar surface area (TPSA) is 3.24 Å². The Morgan fingerprint density at radius 2 is 0.643 bits per heavy atom. The van der Waals surface area contributed by atoms with Gasteiger partial charge in [-0.25, -0.2) is 0 Å². The second-order valence-corrected chi connectivity index (χ2v) is 11.2. The number of rotatable bonds is 18. The SMILES string of the molecule is CCCCCCC(C)(C)N(C(C)(C)CCCCCC)C(C)(C)CCCCCC. The van der Waals surface area contributed by atoms with Crippen molar-refractivity contribution < 1.29 is 0 Å². The Bertz CT molecular complexity index is 309. The van der Waals surface area contributed by atoms with Gasteiger partial charge in [-0.2, -0.15) is 0 Å². The van der Waals surface area contributed by atoms with Crippen molar-refractivity contribution in [1.82, 2.24) is 4.90 Å². The molecule has 1 heteroatoms. The molecular weight excluding hydrogens is 338 g/mol. The highest BCUT2D eigenvalue weighted by molar-refractivity contribution is 5.00. The van der Waals surface area contributed by atoms with Gasteiger partial charge in [0, 0.05) is 16.6 Å². The highest BCUT2D eigenvalue weighted by atomic mass is 15.3. The molecule has 0 rings (SSSR count). The number of unbranched alkanes of at least 4 members (excludes halogenated alkanes) is 9. The van der Waals surface area contributed by atoms with Crippen LogP contribution in [0.15, 0.2) is 0 Å². The summed E-state index contributed by atoms with van der Waals surface area (Å²) in [5.74, 6) is 0. The molecule has 0 saturated heterocycles. The molecule has 0 aliphatic heterocycles. The van der Waals surface area contributed by atoms with E-state index in [1.165, 1.54) is 96.3 Å². The zero-order valence-corrected chi connectivity index (χ0v) is 21.6. The molecule has 0 spiro atoms. The highest BCUT2D eigenvalue weighted by Crippen LogP contribution is 2.41. The first kappa shape index (κ1) is 28.0. The van der Waals surface area contributed by atoms with Gasteiger partial charge < -0.3 is 0 Å². The first-order valence-electron chi connectivity index (χ1n) is 12.9. The first-order valence-corrected chi connectivity index (χ1v) is 12.9. The zero-order valence-electron chi connectivity index (χ0n) is 21.6. The molecule has 0 amide bonds. The van der Waals surface area contributed by atoms with E-state index in [4.69, 9.17) is 0 Å². The molecule has 28 heavy (non-hydrogen) atoms. The second-order valence-electron chi connectivity index (χ2n) is 11.2. The van der Waals surface area contributed by atoms with Gasteiger partial charge in [0.15, 0.2) is 0 Å². The summed E-state index contributed by atoms with van der Waals surface area (Å²) in [6, 6.07) is 0. The largest absolute Gasteiger partial charge is 0.288 e. The van der Waals surface area contributed by atoms with E-state index in [9.17, 15) is 0 Å². The van der Waals surface area contributed by atoms with Crippen molar-refractivity contribution in [2.24, 2.45) is 0 Å². The van der Waals surface area contributed by atoms with Crippen LogP contribution in [-0.2, 0) is 0 Å². The lowest BCUT2D eigenvalue weighted by Gasteiger charge is -2.57. The van der Waals surface area contributed by atoms with E-state index in [1.807, 2.05) is 0 Å². The zero-order chi connectivity index (χ0) is 21.7. The fraction of sp³-hybridized carbons (Fsp3) is 1.00. The highest BCUT2D eigenvalue weighted by Gasteiger charge is 2.45. The van der Waals surface area contributed by atoms with Crippen LogP contribution in [0.5, 0.6) is 0 Å². The smallest absolute Gasteiger partial charge is 0.0163 e. The van der Waals surface area contributed by atoms with Gasteiger partial charge in [0.2, 0.25) is 0 Å². The molecular formula is C27H57N. The van der Waals surface area contributed by atoms with Gasteiger partial charge in [-0.3, -0.25) is 4.90 Å². The maximum atomic E-state index is 2.96. The van der Waals surface area contributed by atoms with Crippen molar-refractivity contribution in [3.05, 3.63) is 0 Å². The fourth-order valence-corrected chi connectivity index (χ4v) is 5.75. The Morgan fingerprint density at radius 3 is 0.857 bits per heavy atom. The minimum absolute atomic E-state index is 0.260. The van der Waals surface area contributed by atoms with Crippen LogP contribution in [0.2, 0.25) is 0 Å². The van der Waals surface area contributed by atoms with E-state index < -0.39 is 0 Å². The van der Waals surface area contributed by atoms with Crippen LogP contribution in [0, 0.1) is 0 Å². The number of hydrogen-bond acceptors (Lipinski definition) is 1. The molecule has 0 aromatic carbocycles. The van der Waals surface area contributed by atoms with Crippen molar-refractivity contribution in [3.8, 4) is 0 Å². The Balaban J connectivity index is 5.31. The van der Waals surface area contributed by atoms with Crippen LogP contribution in [0.25, 0.3) is 0 Å². The minimum atomic E-state index is 0.260. The molecule has 0 N–H and O–H groups in total. The third-order valence-corrected chi connectivity index (χ3v) is 6.74. The lowest BCUT2D eigenvalue weighted by atomic mass is 9.78. The average molecular weight is 396 g/mol. The maximum Gasteiger partial charge on any atom is 0.0163 e. The minimum Gasteiger partial charge on any atom is -0.288 e. The Kier molecular flexibility index (Phi) is 14.0. The quantitative estimate of drug-likeness (QED) is 0.209. The predicted octanol–water partition coefficient (Wildman–Crippen LogP) is 9.54. The summed E-state index contributed by atoms with van der Waals surface area (Å²) >= 11 is 0. The molecule has 0 aromatic rings. The molecule has 0 saturated carbocycles. The number of nitrogens with zero attached hydrogens (tertiary/aromatic N) is 1.